The van der Waals surface area contributed by atoms with Crippen molar-refractivity contribution in [3.63, 3.8) is 0 Å². The lowest BCUT2D eigenvalue weighted by Crippen LogP contribution is -2.22. The highest BCUT2D eigenvalue weighted by atomic mass is 35.5. The van der Waals surface area contributed by atoms with Gasteiger partial charge in [-0.15, -0.1) is 11.6 Å². The standard InChI is InChI=1S/C18H17ClN2O4/c19-10-14(22)9-12-5-7-13(8-6-12)20-11-17(23)21-16-4-2-1-3-15(16)18(24)25/h1-8,20H,9-11H2,(H,21,23)(H,24,25). The van der Waals surface area contributed by atoms with Crippen LogP contribution in [0.2, 0.25) is 0 Å². The summed E-state index contributed by atoms with van der Waals surface area (Å²) < 4.78 is 0. The normalized spacial score (nSPS) is 10.1. The summed E-state index contributed by atoms with van der Waals surface area (Å²) in [4.78, 5) is 34.4. The maximum Gasteiger partial charge on any atom is 0.337 e. The highest BCUT2D eigenvalue weighted by molar-refractivity contribution is 6.27. The van der Waals surface area contributed by atoms with E-state index in [-0.39, 0.29) is 41.8 Å². The van der Waals surface area contributed by atoms with Gasteiger partial charge in [0.2, 0.25) is 5.91 Å². The van der Waals surface area contributed by atoms with Crippen molar-refractivity contribution in [2.24, 2.45) is 0 Å². The van der Waals surface area contributed by atoms with E-state index in [4.69, 9.17) is 16.7 Å². The number of alkyl halides is 1. The molecule has 0 aliphatic heterocycles. The predicted molar refractivity (Wildman–Crippen MR) is 96.4 cm³/mol. The van der Waals surface area contributed by atoms with Gasteiger partial charge in [-0.1, -0.05) is 24.3 Å². The Hall–Kier alpha value is -2.86. The van der Waals surface area contributed by atoms with Gasteiger partial charge in [0, 0.05) is 12.1 Å². The van der Waals surface area contributed by atoms with E-state index in [0.717, 1.165) is 5.56 Å². The Bertz CT molecular complexity index is 775. The first kappa shape index (κ1) is 18.5. The number of hydrogen-bond donors (Lipinski definition) is 3. The number of halogens is 1. The average Bonchev–Trinajstić information content (AvgIpc) is 2.61. The molecule has 2 aromatic rings. The summed E-state index contributed by atoms with van der Waals surface area (Å²) in [6, 6.07) is 13.3. The van der Waals surface area contributed by atoms with E-state index in [2.05, 4.69) is 10.6 Å². The molecule has 2 rings (SSSR count). The van der Waals surface area contributed by atoms with Crippen LogP contribution in [-0.4, -0.2) is 35.2 Å². The molecule has 0 saturated carbocycles. The molecule has 7 heteroatoms. The molecular weight excluding hydrogens is 344 g/mol. The highest BCUT2D eigenvalue weighted by Gasteiger charge is 2.11. The largest absolute Gasteiger partial charge is 0.478 e. The van der Waals surface area contributed by atoms with Crippen molar-refractivity contribution >= 4 is 40.6 Å². The molecule has 130 valence electrons. The molecule has 0 spiro atoms. The van der Waals surface area contributed by atoms with Crippen molar-refractivity contribution in [1.29, 1.82) is 0 Å². The van der Waals surface area contributed by atoms with Gasteiger partial charge >= 0.3 is 5.97 Å². The summed E-state index contributed by atoms with van der Waals surface area (Å²) in [7, 11) is 0. The van der Waals surface area contributed by atoms with Crippen LogP contribution in [0.1, 0.15) is 15.9 Å². The number of anilines is 2. The third-order valence-electron chi connectivity index (χ3n) is 3.39. The van der Waals surface area contributed by atoms with Crippen LogP contribution in [0.25, 0.3) is 0 Å². The second kappa shape index (κ2) is 8.84. The van der Waals surface area contributed by atoms with Gasteiger partial charge < -0.3 is 15.7 Å². The molecule has 6 nitrogen and oxygen atoms in total. The summed E-state index contributed by atoms with van der Waals surface area (Å²) in [5, 5.41) is 14.6. The van der Waals surface area contributed by atoms with Gasteiger partial charge in [0.15, 0.2) is 5.78 Å². The Labute approximate surface area is 149 Å². The number of para-hydroxylation sites is 1. The van der Waals surface area contributed by atoms with Gasteiger partial charge in [0.25, 0.3) is 0 Å². The lowest BCUT2D eigenvalue weighted by molar-refractivity contribution is -0.116. The number of ketones is 1. The Morgan fingerprint density at radius 3 is 2.32 bits per heavy atom. The number of benzene rings is 2. The third kappa shape index (κ3) is 5.61. The molecule has 0 atom stereocenters. The number of amides is 1. The van der Waals surface area contributed by atoms with Crippen molar-refractivity contribution in [3.8, 4) is 0 Å². The van der Waals surface area contributed by atoms with Crippen molar-refractivity contribution in [1.82, 2.24) is 0 Å². The minimum atomic E-state index is -1.11. The van der Waals surface area contributed by atoms with Gasteiger partial charge in [0.05, 0.1) is 23.7 Å². The number of carbonyl (C=O) groups excluding carboxylic acids is 2. The maximum atomic E-state index is 12.0. The van der Waals surface area contributed by atoms with E-state index < -0.39 is 5.97 Å². The zero-order chi connectivity index (χ0) is 18.2. The molecule has 0 aliphatic rings. The fraction of sp³-hybridized carbons (Fsp3) is 0.167. The molecule has 0 bridgehead atoms. The number of Topliss-reactive ketones (excluding diaryl/α,β-unsaturated/α-hetero) is 1. The molecular formula is C18H17ClN2O4. The summed E-state index contributed by atoms with van der Waals surface area (Å²) in [6.07, 6.45) is 0.274. The van der Waals surface area contributed by atoms with Crippen molar-refractivity contribution in [2.75, 3.05) is 23.1 Å². The Morgan fingerprint density at radius 1 is 1.00 bits per heavy atom. The molecule has 0 fully saturated rings. The molecule has 0 saturated heterocycles. The fourth-order valence-electron chi connectivity index (χ4n) is 2.17. The minimum Gasteiger partial charge on any atom is -0.478 e. The smallest absolute Gasteiger partial charge is 0.337 e. The van der Waals surface area contributed by atoms with E-state index in [9.17, 15) is 14.4 Å². The molecule has 0 unspecified atom stereocenters. The number of aromatic carboxylic acids is 1. The van der Waals surface area contributed by atoms with Crippen LogP contribution in [-0.2, 0) is 16.0 Å². The van der Waals surface area contributed by atoms with Crippen molar-refractivity contribution in [2.45, 2.75) is 6.42 Å². The Morgan fingerprint density at radius 2 is 1.68 bits per heavy atom. The number of rotatable bonds is 8. The van der Waals surface area contributed by atoms with Crippen LogP contribution in [0, 0.1) is 0 Å². The second-order valence-electron chi connectivity index (χ2n) is 5.30. The SMILES string of the molecule is O=C(CCl)Cc1ccc(NCC(=O)Nc2ccccc2C(=O)O)cc1. The Balaban J connectivity index is 1.90. The summed E-state index contributed by atoms with van der Waals surface area (Å²) >= 11 is 5.47. The molecule has 0 aliphatic carbocycles. The molecule has 3 N–H and O–H groups in total. The van der Waals surface area contributed by atoms with E-state index >= 15 is 0 Å². The zero-order valence-electron chi connectivity index (χ0n) is 13.3. The minimum absolute atomic E-state index is 0.0159. The van der Waals surface area contributed by atoms with Gasteiger partial charge in [-0.25, -0.2) is 4.79 Å². The quantitative estimate of drug-likeness (QED) is 0.629. The van der Waals surface area contributed by atoms with E-state index in [1.807, 2.05) is 0 Å². The van der Waals surface area contributed by atoms with Crippen LogP contribution in [0.4, 0.5) is 11.4 Å². The summed E-state index contributed by atoms with van der Waals surface area (Å²) in [6.45, 7) is -0.0199. The fourth-order valence-corrected chi connectivity index (χ4v) is 2.27. The topological polar surface area (TPSA) is 95.5 Å². The number of carbonyl (C=O) groups is 3. The van der Waals surface area contributed by atoms with Crippen LogP contribution >= 0.6 is 11.6 Å². The van der Waals surface area contributed by atoms with E-state index in [1.54, 1.807) is 36.4 Å². The number of hydrogen-bond acceptors (Lipinski definition) is 4. The number of carboxylic acids is 1. The van der Waals surface area contributed by atoms with Crippen molar-refractivity contribution in [3.05, 3.63) is 59.7 Å². The van der Waals surface area contributed by atoms with Gasteiger partial charge in [-0.2, -0.15) is 0 Å². The van der Waals surface area contributed by atoms with Crippen molar-refractivity contribution < 1.29 is 19.5 Å². The molecule has 0 heterocycles. The molecule has 25 heavy (non-hydrogen) atoms. The van der Waals surface area contributed by atoms with E-state index in [0.29, 0.717) is 5.69 Å². The highest BCUT2D eigenvalue weighted by Crippen LogP contribution is 2.15. The van der Waals surface area contributed by atoms with Crippen LogP contribution < -0.4 is 10.6 Å². The average molecular weight is 361 g/mol. The van der Waals surface area contributed by atoms with E-state index in [1.165, 1.54) is 12.1 Å². The molecule has 2 aromatic carbocycles. The summed E-state index contributed by atoms with van der Waals surface area (Å²) in [5.74, 6) is -1.54. The molecule has 1 amide bonds. The monoisotopic (exact) mass is 360 g/mol. The lowest BCUT2D eigenvalue weighted by atomic mass is 10.1. The lowest BCUT2D eigenvalue weighted by Gasteiger charge is -2.10. The second-order valence-corrected chi connectivity index (χ2v) is 5.57. The van der Waals surface area contributed by atoms with Crippen LogP contribution in [0.3, 0.4) is 0 Å². The summed E-state index contributed by atoms with van der Waals surface area (Å²) in [5.41, 5.74) is 1.83. The first-order valence-corrected chi connectivity index (χ1v) is 8.05. The zero-order valence-corrected chi connectivity index (χ0v) is 14.0. The first-order chi connectivity index (χ1) is 12.0. The van der Waals surface area contributed by atoms with Gasteiger partial charge in [0.1, 0.15) is 0 Å². The maximum absolute atomic E-state index is 12.0. The van der Waals surface area contributed by atoms with Gasteiger partial charge in [-0.3, -0.25) is 9.59 Å². The van der Waals surface area contributed by atoms with Crippen LogP contribution in [0.15, 0.2) is 48.5 Å². The van der Waals surface area contributed by atoms with Crippen LogP contribution in [0.5, 0.6) is 0 Å². The Kier molecular flexibility index (Phi) is 6.54. The number of nitrogens with one attached hydrogen (secondary N) is 2. The first-order valence-electron chi connectivity index (χ1n) is 7.52. The molecule has 0 radical (unpaired) electrons. The third-order valence-corrected chi connectivity index (χ3v) is 3.69. The molecule has 0 aromatic heterocycles. The predicted octanol–water partition coefficient (Wildman–Crippen LogP) is 2.79. The van der Waals surface area contributed by atoms with Gasteiger partial charge in [-0.05, 0) is 29.8 Å². The number of carboxylic acid groups (broad SMARTS) is 1.